The number of primary amides is 1. The van der Waals surface area contributed by atoms with Crippen LogP contribution in [0.1, 0.15) is 39.9 Å². The second-order valence-electron chi connectivity index (χ2n) is 7.73. The van der Waals surface area contributed by atoms with E-state index in [-0.39, 0.29) is 5.56 Å². The molecular formula is C21H21F2N3O3. The van der Waals surface area contributed by atoms with E-state index in [4.69, 9.17) is 5.73 Å². The van der Waals surface area contributed by atoms with Gasteiger partial charge < -0.3 is 10.6 Å². The lowest BCUT2D eigenvalue weighted by atomic mass is 10.1. The third-order valence-corrected chi connectivity index (χ3v) is 5.75. The summed E-state index contributed by atoms with van der Waals surface area (Å²) in [6, 6.07) is 5.85. The molecule has 4 rings (SSSR count). The predicted molar refractivity (Wildman–Crippen MR) is 102 cm³/mol. The first-order valence-corrected chi connectivity index (χ1v) is 9.51. The Bertz CT molecular complexity index is 1080. The second kappa shape index (κ2) is 6.79. The van der Waals surface area contributed by atoms with Crippen molar-refractivity contribution >= 4 is 11.8 Å². The summed E-state index contributed by atoms with van der Waals surface area (Å²) < 4.78 is 29.2. The smallest absolute Gasteiger partial charge is 0.268 e. The van der Waals surface area contributed by atoms with E-state index in [0.29, 0.717) is 11.3 Å². The van der Waals surface area contributed by atoms with E-state index in [9.17, 15) is 23.2 Å². The molecule has 2 amide bonds. The highest BCUT2D eigenvalue weighted by Gasteiger charge is 2.50. The lowest BCUT2D eigenvalue weighted by Crippen LogP contribution is -2.46. The molecule has 152 valence electrons. The summed E-state index contributed by atoms with van der Waals surface area (Å²) in [6.07, 6.45) is 3.50. The number of carbonyl (C=O) groups excluding carboxylic acids is 2. The number of rotatable bonds is 3. The van der Waals surface area contributed by atoms with Crippen molar-refractivity contribution in [1.29, 1.82) is 0 Å². The Morgan fingerprint density at radius 1 is 1.21 bits per heavy atom. The van der Waals surface area contributed by atoms with Crippen LogP contribution in [0.25, 0.3) is 5.69 Å². The number of carbonyl (C=O) groups is 2. The van der Waals surface area contributed by atoms with Gasteiger partial charge in [-0.2, -0.15) is 0 Å². The van der Waals surface area contributed by atoms with E-state index in [1.165, 1.54) is 4.57 Å². The minimum atomic E-state index is -3.22. The zero-order valence-corrected chi connectivity index (χ0v) is 16.0. The van der Waals surface area contributed by atoms with Crippen LogP contribution in [0.4, 0.5) is 8.78 Å². The van der Waals surface area contributed by atoms with Crippen molar-refractivity contribution in [2.75, 3.05) is 6.54 Å². The van der Waals surface area contributed by atoms with Crippen LogP contribution >= 0.6 is 0 Å². The summed E-state index contributed by atoms with van der Waals surface area (Å²) in [5, 5.41) is 0. The first-order valence-electron chi connectivity index (χ1n) is 9.51. The Morgan fingerprint density at radius 2 is 1.97 bits per heavy atom. The summed E-state index contributed by atoms with van der Waals surface area (Å²) in [7, 11) is 0. The molecule has 1 aliphatic carbocycles. The van der Waals surface area contributed by atoms with Crippen molar-refractivity contribution in [3.63, 3.8) is 0 Å². The molecule has 1 aromatic carbocycles. The first kappa shape index (κ1) is 19.3. The zero-order chi connectivity index (χ0) is 20.9. The number of nitrogens with two attached hydrogens (primary N) is 1. The van der Waals surface area contributed by atoms with Crippen LogP contribution in [0, 0.1) is 6.92 Å². The van der Waals surface area contributed by atoms with Gasteiger partial charge >= 0.3 is 0 Å². The number of amides is 2. The number of aryl methyl sites for hydroxylation is 2. The molecular weight excluding hydrogens is 380 g/mol. The molecule has 6 nitrogen and oxygen atoms in total. The number of benzene rings is 1. The number of hydrogen-bond acceptors (Lipinski definition) is 3. The predicted octanol–water partition coefficient (Wildman–Crippen LogP) is 1.97. The van der Waals surface area contributed by atoms with Gasteiger partial charge in [-0.25, -0.2) is 8.78 Å². The normalized spacial score (nSPS) is 20.0. The van der Waals surface area contributed by atoms with Crippen molar-refractivity contribution in [2.24, 2.45) is 5.73 Å². The van der Waals surface area contributed by atoms with Crippen LogP contribution in [0.15, 0.2) is 35.3 Å². The van der Waals surface area contributed by atoms with Gasteiger partial charge in [0.15, 0.2) is 0 Å². The summed E-state index contributed by atoms with van der Waals surface area (Å²) in [6.45, 7) is 0.635. The number of hydrogen-bond donors (Lipinski definition) is 1. The fourth-order valence-electron chi connectivity index (χ4n) is 4.33. The number of likely N-dealkylation sites (tertiary alicyclic amines) is 1. The van der Waals surface area contributed by atoms with Gasteiger partial charge in [-0.05, 0) is 55.0 Å². The monoisotopic (exact) mass is 401 g/mol. The zero-order valence-electron chi connectivity index (χ0n) is 16.0. The maximum absolute atomic E-state index is 13.9. The minimum Gasteiger partial charge on any atom is -0.368 e. The molecule has 1 fully saturated rings. The van der Waals surface area contributed by atoms with Gasteiger partial charge in [-0.15, -0.1) is 0 Å². The van der Waals surface area contributed by atoms with Crippen LogP contribution in [0.2, 0.25) is 0 Å². The molecule has 1 aromatic heterocycles. The Balaban J connectivity index is 1.81. The van der Waals surface area contributed by atoms with Crippen LogP contribution in [0.5, 0.6) is 0 Å². The molecule has 1 saturated heterocycles. The summed E-state index contributed by atoms with van der Waals surface area (Å²) in [5.41, 5.74) is 7.70. The number of aromatic nitrogens is 1. The molecule has 8 heteroatoms. The van der Waals surface area contributed by atoms with Crippen molar-refractivity contribution in [3.8, 4) is 5.69 Å². The van der Waals surface area contributed by atoms with Crippen LogP contribution < -0.4 is 11.3 Å². The third-order valence-electron chi connectivity index (χ3n) is 5.75. The highest BCUT2D eigenvalue weighted by molar-refractivity contribution is 5.98. The van der Waals surface area contributed by atoms with Crippen molar-refractivity contribution in [3.05, 3.63) is 63.1 Å². The van der Waals surface area contributed by atoms with Crippen LogP contribution in [0.3, 0.4) is 0 Å². The average Bonchev–Trinajstić information content (AvgIpc) is 3.25. The van der Waals surface area contributed by atoms with Crippen LogP contribution in [-0.2, 0) is 17.6 Å². The molecule has 0 spiro atoms. The number of fused-ring (bicyclic) bond motifs is 1. The first-order chi connectivity index (χ1) is 13.7. The molecule has 2 aliphatic rings. The van der Waals surface area contributed by atoms with Gasteiger partial charge in [0.05, 0.1) is 12.2 Å². The number of nitrogens with zero attached hydrogens (tertiary/aromatic N) is 2. The summed E-state index contributed by atoms with van der Waals surface area (Å²) in [5.74, 6) is -5.13. The summed E-state index contributed by atoms with van der Waals surface area (Å²) >= 11 is 0. The molecule has 0 saturated carbocycles. The SMILES string of the molecule is Cc1ccn(-c2cccc3c2CCC3)c(=O)c1C(=O)N1CC(F)(F)C[C@H]1C(N)=O. The second-order valence-corrected chi connectivity index (χ2v) is 7.73. The van der Waals surface area contributed by atoms with E-state index in [2.05, 4.69) is 0 Å². The maximum Gasteiger partial charge on any atom is 0.268 e. The number of alkyl halides is 2. The molecule has 0 unspecified atom stereocenters. The third kappa shape index (κ3) is 3.22. The lowest BCUT2D eigenvalue weighted by molar-refractivity contribution is -0.121. The molecule has 1 aliphatic heterocycles. The largest absolute Gasteiger partial charge is 0.368 e. The Kier molecular flexibility index (Phi) is 4.52. The van der Waals surface area contributed by atoms with Gasteiger partial charge in [-0.1, -0.05) is 12.1 Å². The van der Waals surface area contributed by atoms with E-state index >= 15 is 0 Å². The quantitative estimate of drug-likeness (QED) is 0.853. The number of pyridine rings is 1. The van der Waals surface area contributed by atoms with Crippen molar-refractivity contribution < 1.29 is 18.4 Å². The highest BCUT2D eigenvalue weighted by Crippen LogP contribution is 2.33. The van der Waals surface area contributed by atoms with Crippen molar-refractivity contribution in [1.82, 2.24) is 9.47 Å². The minimum absolute atomic E-state index is 0.216. The van der Waals surface area contributed by atoms with Gasteiger partial charge in [0.1, 0.15) is 11.6 Å². The van der Waals surface area contributed by atoms with E-state index in [0.717, 1.165) is 35.3 Å². The Morgan fingerprint density at radius 3 is 2.69 bits per heavy atom. The maximum atomic E-state index is 13.9. The van der Waals surface area contributed by atoms with Crippen LogP contribution in [-0.4, -0.2) is 39.8 Å². The van der Waals surface area contributed by atoms with Crippen molar-refractivity contribution in [2.45, 2.75) is 44.6 Å². The van der Waals surface area contributed by atoms with E-state index < -0.39 is 42.3 Å². The molecule has 2 heterocycles. The van der Waals surface area contributed by atoms with E-state index in [1.807, 2.05) is 18.2 Å². The standard InChI is InChI=1S/C21H21F2N3O3/c1-12-8-9-25(15-7-3-5-13-4-2-6-14(13)15)19(28)17(12)20(29)26-11-21(22,23)10-16(26)18(24)27/h3,5,7-9,16H,2,4,6,10-11H2,1H3,(H2,24,27)/t16-/m0/s1. The topological polar surface area (TPSA) is 85.4 Å². The molecule has 29 heavy (non-hydrogen) atoms. The number of halogens is 2. The highest BCUT2D eigenvalue weighted by atomic mass is 19.3. The van der Waals surface area contributed by atoms with Gasteiger partial charge in [-0.3, -0.25) is 19.0 Å². The molecule has 0 bridgehead atoms. The Labute approximate surface area is 165 Å². The van der Waals surface area contributed by atoms with Gasteiger partial charge in [0.25, 0.3) is 17.4 Å². The lowest BCUT2D eigenvalue weighted by Gasteiger charge is -2.22. The van der Waals surface area contributed by atoms with Gasteiger partial charge in [0.2, 0.25) is 5.91 Å². The molecule has 2 N–H and O–H groups in total. The average molecular weight is 401 g/mol. The molecule has 0 radical (unpaired) electrons. The fraction of sp³-hybridized carbons (Fsp3) is 0.381. The molecule has 1 atom stereocenters. The Hall–Kier alpha value is -3.03. The summed E-state index contributed by atoms with van der Waals surface area (Å²) in [4.78, 5) is 38.7. The van der Waals surface area contributed by atoms with E-state index in [1.54, 1.807) is 19.2 Å². The fourth-order valence-corrected chi connectivity index (χ4v) is 4.33. The molecule has 2 aromatic rings. The van der Waals surface area contributed by atoms with Gasteiger partial charge in [0, 0.05) is 12.6 Å².